The summed E-state index contributed by atoms with van der Waals surface area (Å²) in [6, 6.07) is 0. The molecule has 223 valence electrons. The zero-order valence-electron chi connectivity index (χ0n) is 24.0. The Morgan fingerprint density at radius 2 is 0.730 bits per heavy atom. The van der Waals surface area contributed by atoms with Crippen molar-refractivity contribution in [3.63, 3.8) is 0 Å². The van der Waals surface area contributed by atoms with Gasteiger partial charge in [-0.1, -0.05) is 99.3 Å². The molecule has 13 heteroatoms. The van der Waals surface area contributed by atoms with Crippen molar-refractivity contribution in [2.24, 2.45) is 17.8 Å². The second kappa shape index (κ2) is 35.8. The van der Waals surface area contributed by atoms with Crippen LogP contribution < -0.4 is 14.7 Å². The Bertz CT molecular complexity index is 460. The van der Waals surface area contributed by atoms with Crippen LogP contribution >= 0.6 is 24.8 Å². The first-order valence-electron chi connectivity index (χ1n) is 13.5. The van der Waals surface area contributed by atoms with Gasteiger partial charge in [0.15, 0.2) is 0 Å². The van der Waals surface area contributed by atoms with Gasteiger partial charge in [-0.3, -0.25) is 0 Å². The SMILES string of the molecule is CCCCCC(C)CO[PH](=O)[O-].CCCCCC(C)CO[PH](=O)[O-].CCCCCC(C)CO[PH](=O)[O-].[Nd+3]. The van der Waals surface area contributed by atoms with Crippen LogP contribution in [0.2, 0.25) is 0 Å². The van der Waals surface area contributed by atoms with Crippen LogP contribution in [0, 0.1) is 58.6 Å². The first-order valence-corrected chi connectivity index (χ1v) is 17.2. The summed E-state index contributed by atoms with van der Waals surface area (Å²) in [6.07, 6.45) is 13.9. The molecule has 0 spiro atoms. The predicted molar refractivity (Wildman–Crippen MR) is 145 cm³/mol. The zero-order valence-corrected chi connectivity index (χ0v) is 30.2. The van der Waals surface area contributed by atoms with Crippen molar-refractivity contribution in [3.05, 3.63) is 0 Å². The van der Waals surface area contributed by atoms with Crippen LogP contribution in [-0.2, 0) is 27.3 Å². The Kier molecular flexibility index (Phi) is 44.3. The van der Waals surface area contributed by atoms with Gasteiger partial charge >= 0.3 is 40.8 Å². The molecule has 6 unspecified atom stereocenters. The summed E-state index contributed by atoms with van der Waals surface area (Å²) >= 11 is 0. The average molecular weight is 724 g/mol. The summed E-state index contributed by atoms with van der Waals surface area (Å²) in [5, 5.41) is 0. The maximum absolute atomic E-state index is 10.1. The van der Waals surface area contributed by atoms with Crippen LogP contribution in [0.4, 0.5) is 0 Å². The molecular formula is C24H54NdO9P3. The fraction of sp³-hybridized carbons (Fsp3) is 1.00. The molecule has 0 aliphatic heterocycles. The van der Waals surface area contributed by atoms with Gasteiger partial charge in [-0.25, -0.2) is 0 Å². The van der Waals surface area contributed by atoms with Gasteiger partial charge in [0, 0.05) is 0 Å². The van der Waals surface area contributed by atoms with Crippen LogP contribution in [0.15, 0.2) is 0 Å². The fourth-order valence-corrected chi connectivity index (χ4v) is 4.37. The maximum atomic E-state index is 10.1. The number of rotatable bonds is 21. The van der Waals surface area contributed by atoms with Crippen LogP contribution in [-0.4, -0.2) is 19.8 Å². The van der Waals surface area contributed by atoms with E-state index in [0.717, 1.165) is 19.3 Å². The molecule has 0 aliphatic carbocycles. The second-order valence-corrected chi connectivity index (χ2v) is 11.9. The molecule has 0 aliphatic rings. The van der Waals surface area contributed by atoms with Crippen molar-refractivity contribution in [1.82, 2.24) is 0 Å². The standard InChI is InChI=1S/3C8H19O3P.Nd/c3*1-3-4-5-6-8(2)7-11-12(9)10;/h3*8,12H,3-7H2,1-2H3,(H,9,10);/q;;;+3/p-3. The van der Waals surface area contributed by atoms with E-state index < -0.39 is 24.8 Å². The Morgan fingerprint density at radius 3 is 0.892 bits per heavy atom. The van der Waals surface area contributed by atoms with E-state index in [-0.39, 0.29) is 40.8 Å². The maximum Gasteiger partial charge on any atom is 3.00 e. The Balaban J connectivity index is -0.000000218. The average Bonchev–Trinajstić information content (AvgIpc) is 2.81. The molecule has 9 nitrogen and oxygen atoms in total. The van der Waals surface area contributed by atoms with Crippen LogP contribution in [0.3, 0.4) is 0 Å². The molecule has 37 heavy (non-hydrogen) atoms. The van der Waals surface area contributed by atoms with E-state index in [1.54, 1.807) is 0 Å². The summed E-state index contributed by atoms with van der Waals surface area (Å²) < 4.78 is 43.8. The van der Waals surface area contributed by atoms with Gasteiger partial charge in [-0.05, 0) is 37.0 Å². The van der Waals surface area contributed by atoms with Crippen LogP contribution in [0.1, 0.15) is 119 Å². The normalized spacial score (nSPS) is 15.5. The largest absolute Gasteiger partial charge is 3.00 e. The Labute approximate surface area is 262 Å². The molecule has 0 saturated heterocycles. The monoisotopic (exact) mass is 721 g/mol. The van der Waals surface area contributed by atoms with Gasteiger partial charge in [0.1, 0.15) is 24.8 Å². The summed E-state index contributed by atoms with van der Waals surface area (Å²) in [5.74, 6) is 1.08. The molecule has 0 heterocycles. The Hall–Kier alpha value is 1.80. The molecular weight excluding hydrogens is 669 g/mol. The van der Waals surface area contributed by atoms with Gasteiger partial charge < -0.3 is 41.9 Å². The van der Waals surface area contributed by atoms with Gasteiger partial charge in [0.05, 0.1) is 19.8 Å². The van der Waals surface area contributed by atoms with Crippen molar-refractivity contribution in [3.8, 4) is 0 Å². The quantitative estimate of drug-likeness (QED) is 0.104. The molecule has 0 amide bonds. The van der Waals surface area contributed by atoms with Gasteiger partial charge in [0.2, 0.25) is 0 Å². The molecule has 0 fully saturated rings. The van der Waals surface area contributed by atoms with Gasteiger partial charge in [-0.2, -0.15) is 0 Å². The van der Waals surface area contributed by atoms with Gasteiger partial charge in [0.25, 0.3) is 0 Å². The molecule has 0 rings (SSSR count). The predicted octanol–water partition coefficient (Wildman–Crippen LogP) is 5.91. The summed E-state index contributed by atoms with van der Waals surface area (Å²) in [4.78, 5) is 30.3. The van der Waals surface area contributed by atoms with Crippen molar-refractivity contribution < 1.29 is 82.8 Å². The fourth-order valence-electron chi connectivity index (χ4n) is 3.11. The second-order valence-electron chi connectivity index (χ2n) is 9.49. The molecule has 0 saturated carbocycles. The van der Waals surface area contributed by atoms with E-state index in [1.165, 1.54) is 57.8 Å². The number of hydrogen-bond acceptors (Lipinski definition) is 9. The molecule has 0 aromatic carbocycles. The summed E-state index contributed by atoms with van der Waals surface area (Å²) in [7, 11) is -8.88. The Morgan fingerprint density at radius 1 is 0.514 bits per heavy atom. The van der Waals surface area contributed by atoms with E-state index in [0.29, 0.717) is 37.6 Å². The summed E-state index contributed by atoms with van der Waals surface area (Å²) in [6.45, 7) is 13.6. The van der Waals surface area contributed by atoms with E-state index in [4.69, 9.17) is 0 Å². The number of unbranched alkanes of at least 4 members (excludes halogenated alkanes) is 6. The molecule has 1 radical (unpaired) electrons. The summed E-state index contributed by atoms with van der Waals surface area (Å²) in [5.41, 5.74) is 0. The minimum Gasteiger partial charge on any atom is -0.781 e. The van der Waals surface area contributed by atoms with Crippen molar-refractivity contribution in [2.45, 2.75) is 119 Å². The minimum atomic E-state index is -2.96. The topological polar surface area (TPSA) is 148 Å². The van der Waals surface area contributed by atoms with Gasteiger partial charge in [-0.15, -0.1) is 0 Å². The van der Waals surface area contributed by atoms with E-state index in [1.807, 2.05) is 20.8 Å². The zero-order chi connectivity index (χ0) is 28.2. The van der Waals surface area contributed by atoms with E-state index in [9.17, 15) is 28.4 Å². The van der Waals surface area contributed by atoms with Crippen molar-refractivity contribution in [1.29, 1.82) is 0 Å². The van der Waals surface area contributed by atoms with E-state index >= 15 is 0 Å². The third-order valence-electron chi connectivity index (χ3n) is 5.36. The smallest absolute Gasteiger partial charge is 0.781 e. The molecule has 0 aromatic rings. The van der Waals surface area contributed by atoms with E-state index in [2.05, 4.69) is 34.3 Å². The third kappa shape index (κ3) is 47.9. The third-order valence-corrected chi connectivity index (χ3v) is 6.57. The van der Waals surface area contributed by atoms with Crippen molar-refractivity contribution >= 4 is 24.8 Å². The first kappa shape index (κ1) is 45.8. The molecule has 0 aromatic heterocycles. The van der Waals surface area contributed by atoms with Crippen molar-refractivity contribution in [2.75, 3.05) is 19.8 Å². The number of hydrogen-bond donors (Lipinski definition) is 0. The van der Waals surface area contributed by atoms with Crippen LogP contribution in [0.25, 0.3) is 0 Å². The minimum absolute atomic E-state index is 0. The first-order chi connectivity index (χ1) is 17.0. The van der Waals surface area contributed by atoms with Crippen LogP contribution in [0.5, 0.6) is 0 Å². The molecule has 6 atom stereocenters. The molecule has 0 bridgehead atoms. The molecule has 0 N–H and O–H groups in total.